The number of fused-ring (bicyclic) bond motifs is 4. The first-order chi connectivity index (χ1) is 20.7. The summed E-state index contributed by atoms with van der Waals surface area (Å²) in [5.74, 6) is -1.40. The third-order valence-electron chi connectivity index (χ3n) is 9.20. The van der Waals surface area contributed by atoms with Crippen LogP contribution in [0.1, 0.15) is 89.7 Å². The summed E-state index contributed by atoms with van der Waals surface area (Å²) >= 11 is 0. The van der Waals surface area contributed by atoms with Gasteiger partial charge in [-0.05, 0) is 64.2 Å². The molecule has 0 fully saturated rings. The number of anilines is 1. The zero-order valence-corrected chi connectivity index (χ0v) is 30.8. The van der Waals surface area contributed by atoms with Gasteiger partial charge in [-0.1, -0.05) is 6.92 Å². The number of carboxylic acid groups (broad SMARTS) is 1. The summed E-state index contributed by atoms with van der Waals surface area (Å²) in [6, 6.07) is 7.45. The first-order valence-corrected chi connectivity index (χ1v) is 18.3. The number of carboxylic acids is 1. The number of carbonyl (C=O) groups is 1. The van der Waals surface area contributed by atoms with Crippen molar-refractivity contribution in [2.75, 3.05) is 29.5 Å². The average molecular weight is 686 g/mol. The number of rotatable bonds is 10. The Labute approximate surface area is 292 Å². The van der Waals surface area contributed by atoms with Gasteiger partial charge in [-0.2, -0.15) is 0 Å². The SMILES string of the molecule is CC1CC(C)(C)N(CCCS(=O)(=O)[O-])c2cc3c(cc21)N=c1cc2c(cc1O3)=[N+](CCCC(=O)O)C(C)(C)CC2CS(=O)(=O)[O-].[Na+]. The molecule has 1 N–H and O–H groups in total. The van der Waals surface area contributed by atoms with Gasteiger partial charge in [-0.25, -0.2) is 26.4 Å². The predicted molar refractivity (Wildman–Crippen MR) is 166 cm³/mol. The molecule has 2 aromatic rings. The second-order valence-electron chi connectivity index (χ2n) is 13.7. The van der Waals surface area contributed by atoms with Crippen molar-refractivity contribution < 1.29 is 70.1 Å². The van der Waals surface area contributed by atoms with Gasteiger partial charge in [-0.3, -0.25) is 4.79 Å². The maximum atomic E-state index is 11.9. The normalized spacial score (nSPS) is 21.0. The Kier molecular flexibility index (Phi) is 10.5. The Bertz CT molecular complexity index is 1890. The minimum absolute atomic E-state index is 0. The second-order valence-corrected chi connectivity index (χ2v) is 16.7. The molecule has 15 heteroatoms. The molecule has 0 spiro atoms. The van der Waals surface area contributed by atoms with Crippen LogP contribution in [0.3, 0.4) is 0 Å². The molecule has 0 bridgehead atoms. The molecule has 0 aromatic heterocycles. The van der Waals surface area contributed by atoms with Crippen LogP contribution in [0.25, 0.3) is 0 Å². The van der Waals surface area contributed by atoms with E-state index in [1.807, 2.05) is 26.0 Å². The van der Waals surface area contributed by atoms with Crippen molar-refractivity contribution in [3.63, 3.8) is 0 Å². The Balaban J connectivity index is 0.00000480. The molecule has 12 nitrogen and oxygen atoms in total. The molecule has 246 valence electrons. The Morgan fingerprint density at radius 1 is 1.02 bits per heavy atom. The molecular weight excluding hydrogens is 645 g/mol. The fourth-order valence-electron chi connectivity index (χ4n) is 7.40. The zero-order chi connectivity index (χ0) is 33.1. The minimum atomic E-state index is -4.54. The van der Waals surface area contributed by atoms with Crippen molar-refractivity contribution in [2.45, 2.75) is 89.6 Å². The van der Waals surface area contributed by atoms with E-state index in [-0.39, 0.29) is 53.9 Å². The summed E-state index contributed by atoms with van der Waals surface area (Å²) in [6.07, 6.45) is 1.72. The summed E-state index contributed by atoms with van der Waals surface area (Å²) < 4.78 is 78.2. The maximum Gasteiger partial charge on any atom is 1.00 e. The van der Waals surface area contributed by atoms with Crippen molar-refractivity contribution in [3.05, 3.63) is 46.1 Å². The van der Waals surface area contributed by atoms with Crippen molar-refractivity contribution in [2.24, 2.45) is 4.99 Å². The number of hydrogen-bond donors (Lipinski definition) is 1. The van der Waals surface area contributed by atoms with Crippen molar-refractivity contribution >= 4 is 37.6 Å². The maximum absolute atomic E-state index is 11.9. The molecule has 3 aliphatic rings. The van der Waals surface area contributed by atoms with Crippen LogP contribution < -0.4 is 54.5 Å². The van der Waals surface area contributed by atoms with Crippen LogP contribution in [0, 0.1) is 0 Å². The van der Waals surface area contributed by atoms with Crippen LogP contribution in [-0.4, -0.2) is 72.7 Å². The van der Waals surface area contributed by atoms with Gasteiger partial charge in [0, 0.05) is 59.7 Å². The molecule has 46 heavy (non-hydrogen) atoms. The molecular formula is C31H40N3NaO9S2. The summed E-state index contributed by atoms with van der Waals surface area (Å²) in [5.41, 5.74) is 2.28. The standard InChI is InChI=1S/C31H41N3O9S2.Na/c1-19-16-30(2,3)34(10-7-11-44(37,38)39)25-14-27-23(12-21(19)25)32-24-13-22-20(18-45(40,41)42)17-31(4,5)33(9-6-8-29(35)36)26(22)15-28(24)43-27;/h12-15,19-20H,6-11,16-18H2,1-5H3,(H2-,35,36,37,38,39,40,41,42);/q;+1/p-1. The molecule has 2 unspecified atom stereocenters. The average Bonchev–Trinajstić information content (AvgIpc) is 2.87. The summed E-state index contributed by atoms with van der Waals surface area (Å²) in [7, 11) is -8.89. The molecule has 0 amide bonds. The summed E-state index contributed by atoms with van der Waals surface area (Å²) in [6.45, 7) is 11.0. The minimum Gasteiger partial charge on any atom is -0.748 e. The van der Waals surface area contributed by atoms with Crippen LogP contribution in [0.5, 0.6) is 11.5 Å². The van der Waals surface area contributed by atoms with Gasteiger partial charge >= 0.3 is 35.5 Å². The molecule has 2 aromatic carbocycles. The molecule has 3 aliphatic heterocycles. The van der Waals surface area contributed by atoms with Crippen molar-refractivity contribution in [1.29, 1.82) is 0 Å². The van der Waals surface area contributed by atoms with E-state index < -0.39 is 49.2 Å². The Morgan fingerprint density at radius 3 is 2.35 bits per heavy atom. The van der Waals surface area contributed by atoms with Gasteiger partial charge in [0.1, 0.15) is 17.6 Å². The Hall–Kier alpha value is -2.07. The molecule has 2 atom stereocenters. The smallest absolute Gasteiger partial charge is 0.748 e. The summed E-state index contributed by atoms with van der Waals surface area (Å²) in [5, 5.41) is 10.4. The van der Waals surface area contributed by atoms with E-state index in [0.29, 0.717) is 59.4 Å². The molecule has 0 saturated heterocycles. The fraction of sp³-hybridized carbons (Fsp3) is 0.581. The molecule has 3 heterocycles. The number of ether oxygens (including phenoxy) is 1. The van der Waals surface area contributed by atoms with Crippen molar-refractivity contribution in [1.82, 2.24) is 4.58 Å². The number of nitrogens with zero attached hydrogens (tertiary/aromatic N) is 3. The third kappa shape index (κ3) is 7.96. The van der Waals surface area contributed by atoms with Gasteiger partial charge in [-0.15, -0.1) is 0 Å². The largest absolute Gasteiger partial charge is 1.00 e. The van der Waals surface area contributed by atoms with Gasteiger partial charge in [0.2, 0.25) is 5.36 Å². The molecule has 0 aliphatic carbocycles. The van der Waals surface area contributed by atoms with E-state index in [0.717, 1.165) is 17.7 Å². The topological polar surface area (TPSA) is 180 Å². The van der Waals surface area contributed by atoms with Crippen LogP contribution in [0.2, 0.25) is 0 Å². The zero-order valence-electron chi connectivity index (χ0n) is 27.2. The van der Waals surface area contributed by atoms with E-state index in [1.165, 1.54) is 0 Å². The Morgan fingerprint density at radius 2 is 1.72 bits per heavy atom. The van der Waals surface area contributed by atoms with E-state index >= 15 is 0 Å². The quantitative estimate of drug-likeness (QED) is 0.173. The number of aliphatic carboxylic acids is 1. The van der Waals surface area contributed by atoms with Crippen LogP contribution in [-0.2, 0) is 25.0 Å². The molecule has 5 rings (SSSR count). The van der Waals surface area contributed by atoms with Gasteiger partial charge in [0.05, 0.1) is 32.7 Å². The fourth-order valence-corrected chi connectivity index (χ4v) is 8.67. The van der Waals surface area contributed by atoms with Crippen molar-refractivity contribution in [3.8, 4) is 11.5 Å². The first-order valence-electron chi connectivity index (χ1n) is 15.1. The first kappa shape index (κ1) is 36.8. The third-order valence-corrected chi connectivity index (χ3v) is 10.8. The monoisotopic (exact) mass is 685 g/mol. The second kappa shape index (κ2) is 13.1. The molecule has 0 saturated carbocycles. The van der Waals surface area contributed by atoms with E-state index in [4.69, 9.17) is 9.73 Å². The van der Waals surface area contributed by atoms with Gasteiger partial charge in [0.25, 0.3) is 0 Å². The van der Waals surface area contributed by atoms with E-state index in [1.54, 1.807) is 12.1 Å². The summed E-state index contributed by atoms with van der Waals surface area (Å²) in [4.78, 5) is 18.3. The number of hydrogen-bond acceptors (Lipinski definition) is 10. The van der Waals surface area contributed by atoms with Gasteiger partial charge < -0.3 is 23.8 Å². The predicted octanol–water partition coefficient (Wildman–Crippen LogP) is -0.0579. The van der Waals surface area contributed by atoms with E-state index in [2.05, 4.69) is 30.2 Å². The number of benzene rings is 2. The molecule has 0 radical (unpaired) electrons. The van der Waals surface area contributed by atoms with Gasteiger partial charge in [0.15, 0.2) is 17.0 Å². The van der Waals surface area contributed by atoms with Crippen LogP contribution in [0.15, 0.2) is 29.3 Å². The van der Waals surface area contributed by atoms with Crippen LogP contribution >= 0.6 is 0 Å². The van der Waals surface area contributed by atoms with E-state index in [9.17, 15) is 35.8 Å². The van der Waals surface area contributed by atoms with Crippen LogP contribution in [0.4, 0.5) is 11.4 Å².